The Morgan fingerprint density at radius 3 is 2.96 bits per heavy atom. The van der Waals surface area contributed by atoms with Crippen molar-refractivity contribution in [2.24, 2.45) is 5.92 Å². The number of rotatable bonds is 3. The second-order valence-corrected chi connectivity index (χ2v) is 6.47. The van der Waals surface area contributed by atoms with Crippen LogP contribution in [0.1, 0.15) is 30.1 Å². The van der Waals surface area contributed by atoms with Crippen molar-refractivity contribution >= 4 is 28.9 Å². The SMILES string of the molecule is CC1CCCN(C(=O)c2cncc(Nc3ccccc3Cl)c2)C1. The number of amides is 1. The number of piperidine rings is 1. The number of hydrogen-bond donors (Lipinski definition) is 1. The maximum atomic E-state index is 12.6. The summed E-state index contributed by atoms with van der Waals surface area (Å²) < 4.78 is 0. The van der Waals surface area contributed by atoms with Gasteiger partial charge in [0, 0.05) is 19.3 Å². The number of pyridine rings is 1. The van der Waals surface area contributed by atoms with Crippen molar-refractivity contribution in [3.8, 4) is 0 Å². The Hall–Kier alpha value is -2.07. The Morgan fingerprint density at radius 1 is 1.35 bits per heavy atom. The second-order valence-electron chi connectivity index (χ2n) is 6.07. The van der Waals surface area contributed by atoms with E-state index in [0.717, 1.165) is 30.9 Å². The summed E-state index contributed by atoms with van der Waals surface area (Å²) in [6, 6.07) is 9.33. The molecule has 0 aliphatic carbocycles. The molecule has 1 unspecified atom stereocenters. The molecule has 3 rings (SSSR count). The molecule has 0 spiro atoms. The fourth-order valence-electron chi connectivity index (χ4n) is 2.90. The van der Waals surface area contributed by atoms with E-state index in [1.807, 2.05) is 35.2 Å². The van der Waals surface area contributed by atoms with Gasteiger partial charge in [-0.05, 0) is 37.0 Å². The van der Waals surface area contributed by atoms with E-state index in [4.69, 9.17) is 11.6 Å². The van der Waals surface area contributed by atoms with E-state index in [1.165, 1.54) is 6.42 Å². The number of carbonyl (C=O) groups excluding carboxylic acids is 1. The lowest BCUT2D eigenvalue weighted by Crippen LogP contribution is -2.39. The molecule has 1 aromatic heterocycles. The van der Waals surface area contributed by atoms with Crippen LogP contribution in [0.25, 0.3) is 0 Å². The topological polar surface area (TPSA) is 45.2 Å². The van der Waals surface area contributed by atoms with Gasteiger partial charge in [0.2, 0.25) is 0 Å². The summed E-state index contributed by atoms with van der Waals surface area (Å²) in [6.45, 7) is 3.83. The Kier molecular flexibility index (Phi) is 4.82. The van der Waals surface area contributed by atoms with Crippen LogP contribution in [0.2, 0.25) is 5.02 Å². The zero-order valence-corrected chi connectivity index (χ0v) is 13.9. The second kappa shape index (κ2) is 7.01. The summed E-state index contributed by atoms with van der Waals surface area (Å²) in [6.07, 6.45) is 5.58. The van der Waals surface area contributed by atoms with Crippen LogP contribution in [-0.4, -0.2) is 28.9 Å². The van der Waals surface area contributed by atoms with E-state index in [9.17, 15) is 4.79 Å². The smallest absolute Gasteiger partial charge is 0.255 e. The zero-order chi connectivity index (χ0) is 16.2. The highest BCUT2D eigenvalue weighted by molar-refractivity contribution is 6.33. The molecule has 0 radical (unpaired) electrons. The number of aromatic nitrogens is 1. The van der Waals surface area contributed by atoms with E-state index in [1.54, 1.807) is 12.4 Å². The van der Waals surface area contributed by atoms with Gasteiger partial charge in [0.15, 0.2) is 0 Å². The van der Waals surface area contributed by atoms with Gasteiger partial charge < -0.3 is 10.2 Å². The van der Waals surface area contributed by atoms with E-state index in [2.05, 4.69) is 17.2 Å². The molecule has 2 aromatic rings. The molecule has 1 aliphatic heterocycles. The number of para-hydroxylation sites is 1. The summed E-state index contributed by atoms with van der Waals surface area (Å²) in [4.78, 5) is 18.8. The number of likely N-dealkylation sites (tertiary alicyclic amines) is 1. The fourth-order valence-corrected chi connectivity index (χ4v) is 3.08. The Labute approximate surface area is 141 Å². The van der Waals surface area contributed by atoms with Gasteiger partial charge in [-0.25, -0.2) is 0 Å². The maximum absolute atomic E-state index is 12.6. The van der Waals surface area contributed by atoms with E-state index in [-0.39, 0.29) is 5.91 Å². The Morgan fingerprint density at radius 2 is 2.17 bits per heavy atom. The van der Waals surface area contributed by atoms with Crippen molar-refractivity contribution in [3.05, 3.63) is 53.3 Å². The average Bonchev–Trinajstić information content (AvgIpc) is 2.56. The van der Waals surface area contributed by atoms with Crippen LogP contribution < -0.4 is 5.32 Å². The minimum atomic E-state index is 0.0480. The van der Waals surface area contributed by atoms with Crippen LogP contribution >= 0.6 is 11.6 Å². The highest BCUT2D eigenvalue weighted by Gasteiger charge is 2.22. The highest BCUT2D eigenvalue weighted by Crippen LogP contribution is 2.25. The van der Waals surface area contributed by atoms with Crippen molar-refractivity contribution in [1.82, 2.24) is 9.88 Å². The lowest BCUT2D eigenvalue weighted by Gasteiger charge is -2.31. The number of benzene rings is 1. The van der Waals surface area contributed by atoms with Crippen LogP contribution in [0, 0.1) is 5.92 Å². The predicted molar refractivity (Wildman–Crippen MR) is 93.3 cm³/mol. The number of nitrogens with one attached hydrogen (secondary N) is 1. The molecule has 1 fully saturated rings. The van der Waals surface area contributed by atoms with Crippen molar-refractivity contribution in [3.63, 3.8) is 0 Å². The summed E-state index contributed by atoms with van der Waals surface area (Å²) in [5.74, 6) is 0.608. The molecule has 4 nitrogen and oxygen atoms in total. The summed E-state index contributed by atoms with van der Waals surface area (Å²) in [5.41, 5.74) is 2.16. The van der Waals surface area contributed by atoms with Gasteiger partial charge >= 0.3 is 0 Å². The standard InChI is InChI=1S/C18H20ClN3O/c1-13-5-4-8-22(12-13)18(23)14-9-15(11-20-10-14)21-17-7-3-2-6-16(17)19/h2-3,6-7,9-11,13,21H,4-5,8,12H2,1H3. The molecule has 5 heteroatoms. The molecule has 1 atom stereocenters. The largest absolute Gasteiger partial charge is 0.353 e. The predicted octanol–water partition coefficient (Wildman–Crippen LogP) is 4.35. The van der Waals surface area contributed by atoms with Crippen molar-refractivity contribution in [1.29, 1.82) is 0 Å². The van der Waals surface area contributed by atoms with Crippen molar-refractivity contribution in [2.75, 3.05) is 18.4 Å². The van der Waals surface area contributed by atoms with Crippen molar-refractivity contribution < 1.29 is 4.79 Å². The molecule has 0 bridgehead atoms. The van der Waals surface area contributed by atoms with E-state index >= 15 is 0 Å². The zero-order valence-electron chi connectivity index (χ0n) is 13.1. The van der Waals surface area contributed by atoms with Gasteiger partial charge in [0.25, 0.3) is 5.91 Å². The van der Waals surface area contributed by atoms with Crippen LogP contribution in [0.5, 0.6) is 0 Å². The summed E-state index contributed by atoms with van der Waals surface area (Å²) in [7, 11) is 0. The summed E-state index contributed by atoms with van der Waals surface area (Å²) >= 11 is 6.16. The van der Waals surface area contributed by atoms with Gasteiger partial charge in [0.05, 0.1) is 28.2 Å². The third-order valence-corrected chi connectivity index (χ3v) is 4.41. The van der Waals surface area contributed by atoms with Gasteiger partial charge in [-0.3, -0.25) is 9.78 Å². The van der Waals surface area contributed by atoms with Crippen LogP contribution in [0.3, 0.4) is 0 Å². The van der Waals surface area contributed by atoms with Gasteiger partial charge in [-0.1, -0.05) is 30.7 Å². The minimum Gasteiger partial charge on any atom is -0.353 e. The van der Waals surface area contributed by atoms with E-state index < -0.39 is 0 Å². The van der Waals surface area contributed by atoms with Crippen molar-refractivity contribution in [2.45, 2.75) is 19.8 Å². The molecular weight excluding hydrogens is 310 g/mol. The fraction of sp³-hybridized carbons (Fsp3) is 0.333. The summed E-state index contributed by atoms with van der Waals surface area (Å²) in [5, 5.41) is 3.85. The molecular formula is C18H20ClN3O. The van der Waals surface area contributed by atoms with Crippen LogP contribution in [0.15, 0.2) is 42.7 Å². The lowest BCUT2D eigenvalue weighted by molar-refractivity contribution is 0.0682. The molecule has 1 saturated heterocycles. The normalized spacial score (nSPS) is 17.8. The monoisotopic (exact) mass is 329 g/mol. The quantitative estimate of drug-likeness (QED) is 0.910. The average molecular weight is 330 g/mol. The van der Waals surface area contributed by atoms with E-state index in [0.29, 0.717) is 16.5 Å². The first-order chi connectivity index (χ1) is 11.1. The Balaban J connectivity index is 1.77. The third kappa shape index (κ3) is 3.82. The Bertz CT molecular complexity index is 704. The number of nitrogens with zero attached hydrogens (tertiary/aromatic N) is 2. The van der Waals surface area contributed by atoms with Crippen LogP contribution in [-0.2, 0) is 0 Å². The molecule has 0 saturated carbocycles. The molecule has 2 heterocycles. The number of carbonyl (C=O) groups is 1. The van der Waals surface area contributed by atoms with Gasteiger partial charge in [-0.15, -0.1) is 0 Å². The van der Waals surface area contributed by atoms with Gasteiger partial charge in [0.1, 0.15) is 0 Å². The molecule has 1 N–H and O–H groups in total. The highest BCUT2D eigenvalue weighted by atomic mass is 35.5. The molecule has 23 heavy (non-hydrogen) atoms. The number of hydrogen-bond acceptors (Lipinski definition) is 3. The minimum absolute atomic E-state index is 0.0480. The number of halogens is 1. The first-order valence-corrected chi connectivity index (χ1v) is 8.27. The molecule has 1 amide bonds. The first-order valence-electron chi connectivity index (χ1n) is 7.89. The lowest BCUT2D eigenvalue weighted by atomic mass is 10.00. The molecule has 1 aromatic carbocycles. The maximum Gasteiger partial charge on any atom is 0.255 e. The van der Waals surface area contributed by atoms with Crippen LogP contribution in [0.4, 0.5) is 11.4 Å². The molecule has 120 valence electrons. The first kappa shape index (κ1) is 15.8. The molecule has 1 aliphatic rings. The third-order valence-electron chi connectivity index (χ3n) is 4.08. The van der Waals surface area contributed by atoms with Gasteiger partial charge in [-0.2, -0.15) is 0 Å². The number of anilines is 2.